The minimum Gasteiger partial charge on any atom is -0.492 e. The molecular weight excluding hydrogens is 529 g/mol. The lowest BCUT2D eigenvalue weighted by Gasteiger charge is -2.22. The van der Waals surface area contributed by atoms with Crippen LogP contribution >= 0.6 is 34.8 Å². The van der Waals surface area contributed by atoms with Gasteiger partial charge in [0.15, 0.2) is 0 Å². The van der Waals surface area contributed by atoms with Gasteiger partial charge in [-0.25, -0.2) is 4.98 Å². The van der Waals surface area contributed by atoms with E-state index in [-0.39, 0.29) is 11.9 Å². The molecule has 1 aliphatic rings. The molecule has 0 spiro atoms. The fraction of sp³-hybridized carbons (Fsp3) is 0.379. The Kier molecular flexibility index (Phi) is 9.71. The second-order valence-corrected chi connectivity index (χ2v) is 10.9. The van der Waals surface area contributed by atoms with Gasteiger partial charge in [0.25, 0.3) is 5.91 Å². The van der Waals surface area contributed by atoms with Gasteiger partial charge in [0.1, 0.15) is 11.4 Å². The second kappa shape index (κ2) is 13.0. The number of amides is 1. The van der Waals surface area contributed by atoms with Crippen LogP contribution in [0.4, 0.5) is 0 Å². The Labute approximate surface area is 234 Å². The summed E-state index contributed by atoms with van der Waals surface area (Å²) in [5.74, 6) is 0.404. The number of nitrogens with zero attached hydrogens (tertiary/aromatic N) is 2. The van der Waals surface area contributed by atoms with Crippen molar-refractivity contribution in [3.8, 4) is 28.1 Å². The van der Waals surface area contributed by atoms with E-state index in [0.29, 0.717) is 38.8 Å². The van der Waals surface area contributed by atoms with E-state index in [0.717, 1.165) is 55.3 Å². The van der Waals surface area contributed by atoms with Crippen LogP contribution in [0.15, 0.2) is 48.5 Å². The molecule has 1 saturated carbocycles. The fourth-order valence-electron chi connectivity index (χ4n) is 4.56. The lowest BCUT2D eigenvalue weighted by atomic mass is 9.95. The van der Waals surface area contributed by atoms with E-state index in [4.69, 9.17) is 44.5 Å². The minimum atomic E-state index is -0.170. The lowest BCUT2D eigenvalue weighted by molar-refractivity contribution is 0.0923. The number of aromatic nitrogens is 1. The van der Waals surface area contributed by atoms with Crippen LogP contribution in [0.1, 0.15) is 49.0 Å². The summed E-state index contributed by atoms with van der Waals surface area (Å²) >= 11 is 19.2. The lowest BCUT2D eigenvalue weighted by Crippen LogP contribution is -2.36. The van der Waals surface area contributed by atoms with Crippen molar-refractivity contribution in [1.82, 2.24) is 15.2 Å². The van der Waals surface area contributed by atoms with E-state index in [2.05, 4.69) is 10.2 Å². The Morgan fingerprint density at radius 2 is 1.73 bits per heavy atom. The van der Waals surface area contributed by atoms with Crippen LogP contribution in [-0.4, -0.2) is 49.1 Å². The van der Waals surface area contributed by atoms with Gasteiger partial charge >= 0.3 is 0 Å². The van der Waals surface area contributed by atoms with Crippen LogP contribution in [0.3, 0.4) is 0 Å². The number of nitrogens with one attached hydrogen (secondary N) is 1. The number of halogens is 3. The molecule has 0 radical (unpaired) electrons. The van der Waals surface area contributed by atoms with Crippen molar-refractivity contribution >= 4 is 40.7 Å². The molecule has 1 fully saturated rings. The molecule has 1 amide bonds. The molecule has 1 N–H and O–H groups in total. The highest BCUT2D eigenvalue weighted by molar-refractivity contribution is 6.36. The highest BCUT2D eigenvalue weighted by atomic mass is 35.5. The zero-order valence-electron chi connectivity index (χ0n) is 21.2. The van der Waals surface area contributed by atoms with Crippen molar-refractivity contribution in [3.63, 3.8) is 0 Å². The SMILES string of the molecule is CN(C)CCCOc1cc(-c2nc(C(=O)NC3CCCCC3)ccc2-c2ccc(Cl)cc2Cl)ccc1Cl. The third-order valence-corrected chi connectivity index (χ3v) is 7.36. The molecule has 1 heterocycles. The molecule has 5 nitrogen and oxygen atoms in total. The smallest absolute Gasteiger partial charge is 0.270 e. The average Bonchev–Trinajstić information content (AvgIpc) is 2.88. The molecule has 3 aromatic rings. The van der Waals surface area contributed by atoms with Crippen LogP contribution < -0.4 is 10.1 Å². The Bertz CT molecular complexity index is 1240. The third-order valence-electron chi connectivity index (χ3n) is 6.50. The summed E-state index contributed by atoms with van der Waals surface area (Å²) < 4.78 is 6.00. The first-order valence-electron chi connectivity index (χ1n) is 12.7. The maximum Gasteiger partial charge on any atom is 0.270 e. The number of rotatable bonds is 9. The quantitative estimate of drug-likeness (QED) is 0.272. The van der Waals surface area contributed by atoms with Gasteiger partial charge in [0, 0.05) is 39.3 Å². The summed E-state index contributed by atoms with van der Waals surface area (Å²) in [5.41, 5.74) is 3.32. The molecular formula is C29H32Cl3N3O2. The van der Waals surface area contributed by atoms with E-state index in [1.807, 2.05) is 38.4 Å². The zero-order chi connectivity index (χ0) is 26.4. The number of carbonyl (C=O) groups excluding carboxylic acids is 1. The molecule has 1 aromatic heterocycles. The second-order valence-electron chi connectivity index (χ2n) is 9.68. The number of pyridine rings is 1. The van der Waals surface area contributed by atoms with Crippen molar-refractivity contribution in [2.75, 3.05) is 27.2 Å². The number of carbonyl (C=O) groups is 1. The molecule has 37 heavy (non-hydrogen) atoms. The van der Waals surface area contributed by atoms with E-state index >= 15 is 0 Å². The summed E-state index contributed by atoms with van der Waals surface area (Å²) in [4.78, 5) is 20.1. The predicted octanol–water partition coefficient (Wildman–Crippen LogP) is 7.77. The van der Waals surface area contributed by atoms with Gasteiger partial charge < -0.3 is 15.0 Å². The number of benzene rings is 2. The Morgan fingerprint density at radius 3 is 2.46 bits per heavy atom. The molecule has 4 rings (SSSR count). The fourth-order valence-corrected chi connectivity index (χ4v) is 5.24. The van der Waals surface area contributed by atoms with Gasteiger partial charge in [0.05, 0.1) is 17.3 Å². The van der Waals surface area contributed by atoms with Crippen LogP contribution in [0.5, 0.6) is 5.75 Å². The van der Waals surface area contributed by atoms with Crippen LogP contribution in [0, 0.1) is 0 Å². The Morgan fingerprint density at radius 1 is 0.973 bits per heavy atom. The molecule has 0 unspecified atom stereocenters. The van der Waals surface area contributed by atoms with Crippen LogP contribution in [0.2, 0.25) is 15.1 Å². The molecule has 0 bridgehead atoms. The van der Waals surface area contributed by atoms with Crippen molar-refractivity contribution in [2.24, 2.45) is 0 Å². The van der Waals surface area contributed by atoms with E-state index in [1.165, 1.54) is 6.42 Å². The van der Waals surface area contributed by atoms with E-state index < -0.39 is 0 Å². The van der Waals surface area contributed by atoms with Gasteiger partial charge in [0.2, 0.25) is 0 Å². The zero-order valence-corrected chi connectivity index (χ0v) is 23.5. The van der Waals surface area contributed by atoms with Gasteiger partial charge in [-0.1, -0.05) is 66.2 Å². The normalized spacial score (nSPS) is 14.1. The van der Waals surface area contributed by atoms with Crippen molar-refractivity contribution in [3.05, 3.63) is 69.3 Å². The number of hydrogen-bond acceptors (Lipinski definition) is 4. The molecule has 0 saturated heterocycles. The predicted molar refractivity (Wildman–Crippen MR) is 153 cm³/mol. The summed E-state index contributed by atoms with van der Waals surface area (Å²) in [7, 11) is 4.06. The Hall–Kier alpha value is -2.31. The molecule has 2 aromatic carbocycles. The highest BCUT2D eigenvalue weighted by Gasteiger charge is 2.21. The monoisotopic (exact) mass is 559 g/mol. The van der Waals surface area contributed by atoms with Gasteiger partial charge in [-0.3, -0.25) is 4.79 Å². The summed E-state index contributed by atoms with van der Waals surface area (Å²) in [6, 6.07) is 14.7. The summed E-state index contributed by atoms with van der Waals surface area (Å²) in [6.07, 6.45) is 6.38. The molecule has 1 aliphatic carbocycles. The minimum absolute atomic E-state index is 0.170. The highest BCUT2D eigenvalue weighted by Crippen LogP contribution is 2.38. The van der Waals surface area contributed by atoms with Crippen LogP contribution in [-0.2, 0) is 0 Å². The first-order valence-corrected chi connectivity index (χ1v) is 13.8. The standard InChI is InChI=1S/C29H32Cl3N3O2/c1-35(2)15-6-16-37-27-17-19(9-13-24(27)31)28-23(22-11-10-20(30)18-25(22)32)12-14-26(34-28)29(36)33-21-7-4-3-5-8-21/h9-14,17-18,21H,3-8,15-16H2,1-2H3,(H,33,36). The van der Waals surface area contributed by atoms with Crippen molar-refractivity contribution in [1.29, 1.82) is 0 Å². The first kappa shape index (κ1) is 27.7. The summed E-state index contributed by atoms with van der Waals surface area (Å²) in [6.45, 7) is 1.45. The maximum atomic E-state index is 13.1. The van der Waals surface area contributed by atoms with E-state index in [1.54, 1.807) is 24.3 Å². The van der Waals surface area contributed by atoms with Gasteiger partial charge in [-0.2, -0.15) is 0 Å². The van der Waals surface area contributed by atoms with Gasteiger partial charge in [-0.15, -0.1) is 0 Å². The third kappa shape index (κ3) is 7.38. The van der Waals surface area contributed by atoms with Crippen molar-refractivity contribution in [2.45, 2.75) is 44.6 Å². The van der Waals surface area contributed by atoms with Crippen molar-refractivity contribution < 1.29 is 9.53 Å². The molecule has 0 atom stereocenters. The first-order chi connectivity index (χ1) is 17.8. The van der Waals surface area contributed by atoms with E-state index in [9.17, 15) is 4.79 Å². The van der Waals surface area contributed by atoms with Crippen LogP contribution in [0.25, 0.3) is 22.4 Å². The Balaban J connectivity index is 1.70. The maximum absolute atomic E-state index is 13.1. The molecule has 0 aliphatic heterocycles. The topological polar surface area (TPSA) is 54.5 Å². The number of hydrogen-bond donors (Lipinski definition) is 1. The molecule has 8 heteroatoms. The van der Waals surface area contributed by atoms with Gasteiger partial charge in [-0.05, 0) is 69.8 Å². The number of ether oxygens (including phenoxy) is 1. The average molecular weight is 561 g/mol. The molecule has 196 valence electrons. The summed E-state index contributed by atoms with van der Waals surface area (Å²) in [5, 5.41) is 4.73. The largest absolute Gasteiger partial charge is 0.492 e.